The van der Waals surface area contributed by atoms with Gasteiger partial charge in [-0.15, -0.1) is 0 Å². The summed E-state index contributed by atoms with van der Waals surface area (Å²) in [7, 11) is 0. The summed E-state index contributed by atoms with van der Waals surface area (Å²) in [4.78, 5) is 70.5. The van der Waals surface area contributed by atoms with Crippen molar-refractivity contribution < 1.29 is 85.6 Å². The van der Waals surface area contributed by atoms with Crippen LogP contribution >= 0.6 is 0 Å². The lowest BCUT2D eigenvalue weighted by Crippen LogP contribution is -2.07. The van der Waals surface area contributed by atoms with Gasteiger partial charge in [-0.05, 0) is 139 Å². The van der Waals surface area contributed by atoms with Crippen molar-refractivity contribution in [1.29, 1.82) is 0 Å². The van der Waals surface area contributed by atoms with Crippen molar-refractivity contribution in [3.8, 4) is 99.8 Å². The molecule has 0 spiro atoms. The second-order valence-corrected chi connectivity index (χ2v) is 18.9. The lowest BCUT2D eigenvalue weighted by atomic mass is 9.86. The Kier molecular flexibility index (Phi) is 27.7. The van der Waals surface area contributed by atoms with Crippen LogP contribution in [0, 0.1) is 71.0 Å². The van der Waals surface area contributed by atoms with Gasteiger partial charge < -0.3 is 56.8 Å². The first-order valence-electron chi connectivity index (χ1n) is 28.7. The molecule has 0 atom stereocenters. The van der Waals surface area contributed by atoms with Crippen molar-refractivity contribution in [2.75, 3.05) is 40.8 Å². The summed E-state index contributed by atoms with van der Waals surface area (Å²) in [6.45, 7) is 18.4. The molecule has 0 heterocycles. The van der Waals surface area contributed by atoms with E-state index < -0.39 is 35.8 Å². The first-order valence-corrected chi connectivity index (χ1v) is 28.7. The molecule has 0 aliphatic heterocycles. The van der Waals surface area contributed by atoms with Gasteiger partial charge >= 0.3 is 35.8 Å². The maximum absolute atomic E-state index is 11.8. The minimum atomic E-state index is -0.667. The van der Waals surface area contributed by atoms with E-state index in [1.807, 2.05) is 0 Å². The van der Waals surface area contributed by atoms with E-state index in [0.717, 1.165) is 42.0 Å². The monoisotopic (exact) mass is 1290 g/mol. The Balaban J connectivity index is 1.54. The molecule has 0 N–H and O–H groups in total. The SMILES string of the molecule is C=CC(=O)OCOCc1ccc(C#Cc2c(C#Cc3ccc(OCOC(=O)C=C)cc3)c(C#Cc3ccc(OCOC(=O)C=C)cc3)c(C#Cc3ccc(OCOC(=O)C=C)cc3)c(C#Cc3ccc(OCOC(=O)C=C)cc3)c2C#Cc2ccc(OCOC(=O)C=C)cc2)cc1. The Morgan fingerprint density at radius 1 is 0.247 bits per heavy atom. The molecule has 0 fully saturated rings. The molecule has 0 bridgehead atoms. The highest BCUT2D eigenvalue weighted by atomic mass is 16.7. The van der Waals surface area contributed by atoms with Crippen molar-refractivity contribution >= 4 is 35.8 Å². The predicted octanol–water partition coefficient (Wildman–Crippen LogP) is 10.6. The largest absolute Gasteiger partial charge is 0.457 e. The minimum Gasteiger partial charge on any atom is -0.457 e. The zero-order valence-electron chi connectivity index (χ0n) is 51.9. The zero-order valence-corrected chi connectivity index (χ0v) is 51.9. The molecule has 18 heteroatoms. The lowest BCUT2D eigenvalue weighted by molar-refractivity contribution is -0.151. The molecule has 18 nitrogen and oxygen atoms in total. The van der Waals surface area contributed by atoms with Gasteiger partial charge in [-0.1, -0.05) is 123 Å². The van der Waals surface area contributed by atoms with Crippen molar-refractivity contribution in [3.05, 3.63) is 294 Å². The average Bonchev–Trinajstić information content (AvgIpc) is 0.765. The quantitative estimate of drug-likeness (QED) is 0.0130. The Hall–Kier alpha value is -13.9. The number of ether oxygens (including phenoxy) is 12. The normalized spacial score (nSPS) is 9.57. The van der Waals surface area contributed by atoms with Gasteiger partial charge in [-0.3, -0.25) is 0 Å². The molecule has 480 valence electrons. The molecule has 0 aliphatic rings. The molecule has 97 heavy (non-hydrogen) atoms. The number of carbonyl (C=O) groups is 6. The number of carbonyl (C=O) groups excluding carboxylic acids is 6. The summed E-state index contributed by atoms with van der Waals surface area (Å²) >= 11 is 0. The van der Waals surface area contributed by atoms with Crippen LogP contribution < -0.4 is 23.7 Å². The van der Waals surface area contributed by atoms with Gasteiger partial charge in [0.15, 0.2) is 6.79 Å². The third-order valence-corrected chi connectivity index (χ3v) is 12.4. The van der Waals surface area contributed by atoms with Crippen molar-refractivity contribution in [2.24, 2.45) is 0 Å². The predicted molar refractivity (Wildman–Crippen MR) is 356 cm³/mol. The van der Waals surface area contributed by atoms with Crippen LogP contribution in [0.2, 0.25) is 0 Å². The molecule has 7 rings (SSSR count). The maximum Gasteiger partial charge on any atom is 0.333 e. The Morgan fingerprint density at radius 3 is 0.608 bits per heavy atom. The summed E-state index contributed by atoms with van der Waals surface area (Å²) < 4.78 is 63.8. The van der Waals surface area contributed by atoms with E-state index in [4.69, 9.17) is 56.8 Å². The van der Waals surface area contributed by atoms with Crippen LogP contribution in [-0.4, -0.2) is 76.6 Å². The van der Waals surface area contributed by atoms with Crippen molar-refractivity contribution in [2.45, 2.75) is 6.61 Å². The van der Waals surface area contributed by atoms with Gasteiger partial charge in [-0.2, -0.15) is 0 Å². The van der Waals surface area contributed by atoms with E-state index in [1.54, 1.807) is 146 Å². The fraction of sp³-hybridized carbons (Fsp3) is 0.0886. The molecule has 0 aromatic heterocycles. The standard InChI is InChI=1S/C79H56O18/c1-7-74(80)92-50-86-49-62-15-13-56(14-16-62)27-43-68-69(44-28-57-17-33-63(34-18-57)87-51-93-75(81)8-2)71(46-30-59-21-37-65(38-22-59)89-53-95-77(83)10-4)73(48-32-61-25-41-67(42-26-61)91-55-97-79(85)12-6)72(47-31-60-23-39-66(40-24-60)90-54-96-78(84)11-5)70(68)45-29-58-19-35-64(36-20-58)88-52-94-76(82)9-3/h7-26,33-42H,1-6,49-55H2. The summed E-state index contributed by atoms with van der Waals surface area (Å²) in [5.41, 5.74) is 5.31. The van der Waals surface area contributed by atoms with E-state index in [0.29, 0.717) is 62.1 Å². The van der Waals surface area contributed by atoms with Gasteiger partial charge in [0.05, 0.1) is 40.0 Å². The molecule has 0 aliphatic carbocycles. The van der Waals surface area contributed by atoms with Crippen LogP contribution in [0.15, 0.2) is 222 Å². The molecule has 0 saturated heterocycles. The van der Waals surface area contributed by atoms with Gasteiger partial charge in [0.1, 0.15) is 28.7 Å². The Labute approximate surface area is 559 Å². The number of esters is 6. The smallest absolute Gasteiger partial charge is 0.333 e. The average molecular weight is 1290 g/mol. The molecular weight excluding hydrogens is 1240 g/mol. The second kappa shape index (κ2) is 38.1. The molecular formula is C79H56O18. The highest BCUT2D eigenvalue weighted by Crippen LogP contribution is 2.29. The molecule has 0 amide bonds. The van der Waals surface area contributed by atoms with Crippen LogP contribution in [0.25, 0.3) is 0 Å². The van der Waals surface area contributed by atoms with Crippen LogP contribution in [0.1, 0.15) is 72.3 Å². The molecule has 7 aromatic carbocycles. The summed E-state index contributed by atoms with van der Waals surface area (Å²) in [5, 5.41) is 0. The number of hydrogen-bond acceptors (Lipinski definition) is 18. The van der Waals surface area contributed by atoms with E-state index in [2.05, 4.69) is 111 Å². The molecule has 0 saturated carbocycles. The molecule has 7 aromatic rings. The fourth-order valence-corrected chi connectivity index (χ4v) is 7.56. The summed E-state index contributed by atoms with van der Waals surface area (Å²) in [6, 6.07) is 40.5. The molecule has 0 radical (unpaired) electrons. The maximum atomic E-state index is 11.8. The zero-order chi connectivity index (χ0) is 69.0. The van der Waals surface area contributed by atoms with E-state index in [-0.39, 0.29) is 80.7 Å². The first-order chi connectivity index (χ1) is 47.3. The van der Waals surface area contributed by atoms with Gasteiger partial charge in [0.25, 0.3) is 0 Å². The minimum absolute atomic E-state index is 0.100. The number of benzene rings is 7. The number of hydrogen-bond donors (Lipinski definition) is 0. The topological polar surface area (TPSA) is 213 Å². The highest BCUT2D eigenvalue weighted by Gasteiger charge is 2.21. The highest BCUT2D eigenvalue weighted by molar-refractivity contribution is 5.83. The van der Waals surface area contributed by atoms with E-state index in [1.165, 1.54) is 0 Å². The van der Waals surface area contributed by atoms with Gasteiger partial charge in [-0.25, -0.2) is 28.8 Å². The van der Waals surface area contributed by atoms with Crippen LogP contribution in [0.3, 0.4) is 0 Å². The van der Waals surface area contributed by atoms with Gasteiger partial charge in [0, 0.05) is 69.8 Å². The summed E-state index contributed by atoms with van der Waals surface area (Å²) in [6.07, 6.45) is 6.12. The molecule has 0 unspecified atom stereocenters. The first kappa shape index (κ1) is 70.6. The number of rotatable bonds is 25. The Morgan fingerprint density at radius 2 is 0.423 bits per heavy atom. The van der Waals surface area contributed by atoms with Crippen LogP contribution in [0.4, 0.5) is 0 Å². The van der Waals surface area contributed by atoms with Crippen LogP contribution in [0.5, 0.6) is 28.7 Å². The van der Waals surface area contributed by atoms with Crippen molar-refractivity contribution in [3.63, 3.8) is 0 Å². The third kappa shape index (κ3) is 23.7. The summed E-state index contributed by atoms with van der Waals surface area (Å²) in [5.74, 6) is 37.9. The Bertz CT molecular complexity index is 4290. The fourth-order valence-electron chi connectivity index (χ4n) is 7.56. The van der Waals surface area contributed by atoms with Crippen molar-refractivity contribution in [1.82, 2.24) is 0 Å². The van der Waals surface area contributed by atoms with E-state index >= 15 is 0 Å². The second-order valence-electron chi connectivity index (χ2n) is 18.9. The lowest BCUT2D eigenvalue weighted by Gasteiger charge is -2.13. The van der Waals surface area contributed by atoms with Crippen LogP contribution in [-0.2, 0) is 68.5 Å². The third-order valence-electron chi connectivity index (χ3n) is 12.4. The van der Waals surface area contributed by atoms with E-state index in [9.17, 15) is 28.8 Å². The van der Waals surface area contributed by atoms with Gasteiger partial charge in [0.2, 0.25) is 34.0 Å².